The van der Waals surface area contributed by atoms with Gasteiger partial charge in [-0.25, -0.2) is 4.79 Å². The van der Waals surface area contributed by atoms with Gasteiger partial charge >= 0.3 is 5.97 Å². The Labute approximate surface area is 228 Å². The molecule has 0 spiro atoms. The molecule has 0 radical (unpaired) electrons. The summed E-state index contributed by atoms with van der Waals surface area (Å²) in [4.78, 5) is 14.4. The third-order valence-electron chi connectivity index (χ3n) is 6.55. The number of benzene rings is 2. The van der Waals surface area contributed by atoms with Gasteiger partial charge in [-0.3, -0.25) is 9.11 Å². The Morgan fingerprint density at radius 3 is 2.36 bits per heavy atom. The smallest absolute Gasteiger partial charge is 0.331 e. The molecule has 1 aliphatic heterocycles. The topological polar surface area (TPSA) is 90.2 Å². The Kier molecular flexibility index (Phi) is 10.2. The number of carboxylic acid groups (broad SMARTS) is 1. The van der Waals surface area contributed by atoms with E-state index in [1.165, 1.54) is 11.8 Å². The lowest BCUT2D eigenvalue weighted by molar-refractivity contribution is -0.131. The van der Waals surface area contributed by atoms with Crippen LogP contribution in [0.4, 0.5) is 11.4 Å². The summed E-state index contributed by atoms with van der Waals surface area (Å²) in [5, 5.41) is 8.95. The number of halogens is 1. The molecule has 0 saturated carbocycles. The second kappa shape index (κ2) is 12.7. The van der Waals surface area contributed by atoms with Crippen LogP contribution in [0.1, 0.15) is 52.4 Å². The molecule has 198 valence electrons. The van der Waals surface area contributed by atoms with E-state index in [0.717, 1.165) is 71.6 Å². The summed E-state index contributed by atoms with van der Waals surface area (Å²) in [6, 6.07) is 11.7. The first kappa shape index (κ1) is 28.9. The van der Waals surface area contributed by atoms with Crippen molar-refractivity contribution in [3.05, 3.63) is 53.2 Å². The molecule has 0 atom stereocenters. The number of aliphatic carboxylic acids is 1. The number of fused-ring (bicyclic) bond motifs is 1. The van der Waals surface area contributed by atoms with Gasteiger partial charge in [0.2, 0.25) is 0 Å². The van der Waals surface area contributed by atoms with Crippen molar-refractivity contribution in [2.45, 2.75) is 62.2 Å². The Bertz CT molecular complexity index is 1070. The molecule has 2 aromatic carbocycles. The molecule has 0 aliphatic carbocycles. The number of hydrogen-bond donors (Lipinski definition) is 3. The third-order valence-corrected chi connectivity index (χ3v) is 9.89. The van der Waals surface area contributed by atoms with Crippen LogP contribution in [0.15, 0.2) is 63.0 Å². The van der Waals surface area contributed by atoms with Gasteiger partial charge in [0.05, 0.1) is 27.8 Å². The zero-order valence-corrected chi connectivity index (χ0v) is 24.3. The molecule has 0 amide bonds. The highest BCUT2D eigenvalue weighted by Gasteiger charge is 2.42. The van der Waals surface area contributed by atoms with E-state index in [0.29, 0.717) is 22.9 Å². The van der Waals surface area contributed by atoms with Gasteiger partial charge in [-0.05, 0) is 49.4 Å². The Morgan fingerprint density at radius 2 is 1.81 bits per heavy atom. The predicted molar refractivity (Wildman–Crippen MR) is 154 cm³/mol. The zero-order valence-electron chi connectivity index (χ0n) is 21.1. The summed E-state index contributed by atoms with van der Waals surface area (Å²) >= 11 is 5.00. The summed E-state index contributed by atoms with van der Waals surface area (Å²) in [5.41, 5.74) is 1.48. The van der Waals surface area contributed by atoms with E-state index in [1.807, 2.05) is 36.6 Å². The Balaban J connectivity index is 2.22. The fourth-order valence-electron chi connectivity index (χ4n) is 4.77. The first-order valence-corrected chi connectivity index (χ1v) is 16.0. The summed E-state index contributed by atoms with van der Waals surface area (Å²) < 4.78 is 30.0. The maximum atomic E-state index is 11.7. The predicted octanol–water partition coefficient (Wildman–Crippen LogP) is 8.78. The van der Waals surface area contributed by atoms with Crippen molar-refractivity contribution in [2.24, 2.45) is 5.41 Å². The number of anilines is 2. The average Bonchev–Trinajstić information content (AvgIpc) is 2.93. The molecule has 1 heterocycles. The van der Waals surface area contributed by atoms with Crippen LogP contribution in [0, 0.1) is 5.41 Å². The normalized spacial score (nSPS) is 17.4. The molecule has 3 rings (SSSR count). The molecule has 0 fully saturated rings. The molecule has 0 saturated heterocycles. The number of unbranched alkanes of at least 4 members (excludes halogenated alkanes) is 2. The highest BCUT2D eigenvalue weighted by Crippen LogP contribution is 2.62. The van der Waals surface area contributed by atoms with E-state index in [1.54, 1.807) is 6.07 Å². The standard InChI is InChI=1S/C27H36BrNO5S2/c1-4-6-13-27(14-7-5-2)18-29(21-10-8-20(28)9-11-21)22-16-24(35-3)23(34-15-12-26(30)31)17-25(22)36(32,33)19-27/h8-12,15-17,32-33H,4-7,13-14,18-19H2,1-3H3,(H,30,31)/b15-12+. The summed E-state index contributed by atoms with van der Waals surface area (Å²) in [6.45, 7) is 5.02. The van der Waals surface area contributed by atoms with Crippen LogP contribution >= 0.6 is 38.3 Å². The number of rotatable bonds is 11. The van der Waals surface area contributed by atoms with Crippen LogP contribution in [-0.4, -0.2) is 38.7 Å². The molecule has 1 aliphatic rings. The van der Waals surface area contributed by atoms with Gasteiger partial charge in [0.25, 0.3) is 0 Å². The van der Waals surface area contributed by atoms with E-state index in [-0.39, 0.29) is 5.41 Å². The lowest BCUT2D eigenvalue weighted by Gasteiger charge is -2.42. The monoisotopic (exact) mass is 597 g/mol. The van der Waals surface area contributed by atoms with Crippen LogP contribution in [0.25, 0.3) is 0 Å². The van der Waals surface area contributed by atoms with Gasteiger partial charge < -0.3 is 14.7 Å². The fourth-order valence-corrected chi connectivity index (χ4v) is 7.77. The zero-order chi connectivity index (χ0) is 26.3. The highest BCUT2D eigenvalue weighted by molar-refractivity contribution is 9.10. The van der Waals surface area contributed by atoms with Crippen LogP contribution < -0.4 is 9.64 Å². The molecule has 36 heavy (non-hydrogen) atoms. The first-order chi connectivity index (χ1) is 17.1. The van der Waals surface area contributed by atoms with Crippen molar-refractivity contribution in [3.8, 4) is 5.75 Å². The molecular weight excluding hydrogens is 562 g/mol. The largest absolute Gasteiger partial charge is 0.478 e. The Hall–Kier alpha value is -1.65. The number of hydrogen-bond acceptors (Lipinski definition) is 6. The average molecular weight is 599 g/mol. The van der Waals surface area contributed by atoms with E-state index in [2.05, 4.69) is 34.7 Å². The second-order valence-corrected chi connectivity index (χ2v) is 13.1. The first-order valence-electron chi connectivity index (χ1n) is 12.2. The van der Waals surface area contributed by atoms with Crippen LogP contribution in [0.2, 0.25) is 0 Å². The maximum absolute atomic E-state index is 11.7. The lowest BCUT2D eigenvalue weighted by atomic mass is 9.79. The molecule has 2 aromatic rings. The fraction of sp³-hybridized carbons (Fsp3) is 0.444. The quantitative estimate of drug-likeness (QED) is 0.135. The second-order valence-electron chi connectivity index (χ2n) is 9.31. The minimum Gasteiger partial charge on any atom is -0.478 e. The van der Waals surface area contributed by atoms with Gasteiger partial charge in [-0.1, -0.05) is 55.5 Å². The van der Waals surface area contributed by atoms with E-state index < -0.39 is 16.6 Å². The van der Waals surface area contributed by atoms with Crippen molar-refractivity contribution in [1.82, 2.24) is 0 Å². The number of thioether (sulfide) groups is 1. The van der Waals surface area contributed by atoms with Crippen molar-refractivity contribution in [1.29, 1.82) is 0 Å². The SMILES string of the molecule is CCCCC1(CCCC)CN(c2ccc(Br)cc2)c2cc(SC)c(O/C=C/C(=O)O)cc2S(O)(O)C1. The number of nitrogens with zero attached hydrogens (tertiary/aromatic N) is 1. The minimum absolute atomic E-state index is 0.263. The number of carboxylic acids is 1. The molecule has 0 aromatic heterocycles. The van der Waals surface area contributed by atoms with Crippen LogP contribution in [-0.2, 0) is 4.79 Å². The Morgan fingerprint density at radius 1 is 1.17 bits per heavy atom. The maximum Gasteiger partial charge on any atom is 0.331 e. The van der Waals surface area contributed by atoms with E-state index in [9.17, 15) is 13.9 Å². The van der Waals surface area contributed by atoms with Gasteiger partial charge in [0.15, 0.2) is 0 Å². The van der Waals surface area contributed by atoms with Crippen molar-refractivity contribution >= 4 is 55.6 Å². The van der Waals surface area contributed by atoms with Crippen molar-refractivity contribution in [2.75, 3.05) is 23.5 Å². The molecular formula is C27H36BrNO5S2. The lowest BCUT2D eigenvalue weighted by Crippen LogP contribution is -2.37. The summed E-state index contributed by atoms with van der Waals surface area (Å²) in [6.07, 6.45) is 9.92. The van der Waals surface area contributed by atoms with Crippen molar-refractivity contribution < 1.29 is 23.7 Å². The van der Waals surface area contributed by atoms with Gasteiger partial charge in [0.1, 0.15) is 5.75 Å². The van der Waals surface area contributed by atoms with E-state index >= 15 is 0 Å². The van der Waals surface area contributed by atoms with Crippen LogP contribution in [0.3, 0.4) is 0 Å². The van der Waals surface area contributed by atoms with Crippen molar-refractivity contribution in [3.63, 3.8) is 0 Å². The molecule has 3 N–H and O–H groups in total. The minimum atomic E-state index is -3.17. The van der Waals surface area contributed by atoms with Gasteiger partial charge in [-0.2, -0.15) is 10.6 Å². The number of carbonyl (C=O) groups is 1. The summed E-state index contributed by atoms with van der Waals surface area (Å²) in [7, 11) is -3.17. The molecule has 9 heteroatoms. The molecule has 6 nitrogen and oxygen atoms in total. The molecule has 0 unspecified atom stereocenters. The summed E-state index contributed by atoms with van der Waals surface area (Å²) in [5.74, 6) is -0.412. The van der Waals surface area contributed by atoms with Gasteiger partial charge in [0, 0.05) is 33.9 Å². The van der Waals surface area contributed by atoms with E-state index in [4.69, 9.17) is 9.84 Å². The highest BCUT2D eigenvalue weighted by atomic mass is 79.9. The van der Waals surface area contributed by atoms with Gasteiger partial charge in [-0.15, -0.1) is 11.8 Å². The molecule has 0 bridgehead atoms. The van der Waals surface area contributed by atoms with Crippen LogP contribution in [0.5, 0.6) is 5.75 Å². The number of ether oxygens (including phenoxy) is 1. The third kappa shape index (κ3) is 7.01.